The van der Waals surface area contributed by atoms with Gasteiger partial charge in [-0.05, 0) is 57.9 Å². The average Bonchev–Trinajstić information content (AvgIpc) is 2.52. The van der Waals surface area contributed by atoms with Crippen molar-refractivity contribution >= 4 is 15.9 Å². The molecule has 0 heterocycles. The maximum Gasteiger partial charge on any atom is 0.258 e. The Kier molecular flexibility index (Phi) is 6.46. The van der Waals surface area contributed by atoms with Crippen molar-refractivity contribution in [3.8, 4) is 5.75 Å². The summed E-state index contributed by atoms with van der Waals surface area (Å²) in [6, 6.07) is 6.17. The molecule has 0 atom stereocenters. The van der Waals surface area contributed by atoms with Crippen LogP contribution in [0.25, 0.3) is 0 Å². The second kappa shape index (κ2) is 8.19. The van der Waals surface area contributed by atoms with E-state index in [0.29, 0.717) is 5.75 Å². The zero-order valence-electron chi connectivity index (χ0n) is 15.2. The lowest BCUT2D eigenvalue weighted by Gasteiger charge is -2.22. The van der Waals surface area contributed by atoms with Crippen molar-refractivity contribution in [1.29, 1.82) is 0 Å². The molecule has 1 aliphatic carbocycles. The van der Waals surface area contributed by atoms with E-state index >= 15 is 0 Å². The van der Waals surface area contributed by atoms with E-state index in [1.54, 1.807) is 12.1 Å². The Morgan fingerprint density at radius 3 is 2.28 bits per heavy atom. The molecular formula is C18H28N2O4S. The molecule has 2 N–H and O–H groups in total. The molecule has 1 aromatic rings. The second-order valence-electron chi connectivity index (χ2n) is 7.51. The van der Waals surface area contributed by atoms with Crippen molar-refractivity contribution in [2.45, 2.75) is 69.4 Å². The van der Waals surface area contributed by atoms with Gasteiger partial charge in [0.05, 0.1) is 4.90 Å². The summed E-state index contributed by atoms with van der Waals surface area (Å²) in [7, 11) is -3.52. The van der Waals surface area contributed by atoms with Crippen molar-refractivity contribution in [2.24, 2.45) is 0 Å². The minimum Gasteiger partial charge on any atom is -0.484 e. The largest absolute Gasteiger partial charge is 0.484 e. The molecule has 1 amide bonds. The van der Waals surface area contributed by atoms with Gasteiger partial charge in [0.15, 0.2) is 6.61 Å². The summed E-state index contributed by atoms with van der Waals surface area (Å²) in [5.74, 6) is 0.240. The SMILES string of the molecule is CC(C)(C)NC(=O)COc1ccc(S(=O)(=O)NC2CCCCC2)cc1. The van der Waals surface area contributed by atoms with Crippen molar-refractivity contribution in [1.82, 2.24) is 10.0 Å². The number of amides is 1. The first-order valence-electron chi connectivity index (χ1n) is 8.72. The van der Waals surface area contributed by atoms with Crippen molar-refractivity contribution in [3.63, 3.8) is 0 Å². The summed E-state index contributed by atoms with van der Waals surface area (Å²) in [5.41, 5.74) is -0.316. The number of rotatable bonds is 6. The van der Waals surface area contributed by atoms with Crippen LogP contribution in [0.4, 0.5) is 0 Å². The van der Waals surface area contributed by atoms with Gasteiger partial charge in [-0.3, -0.25) is 4.79 Å². The van der Waals surface area contributed by atoms with Crippen LogP contribution >= 0.6 is 0 Å². The standard InChI is InChI=1S/C18H28N2O4S/c1-18(2,3)19-17(21)13-24-15-9-11-16(12-10-15)25(22,23)20-14-7-5-4-6-8-14/h9-12,14,20H,4-8,13H2,1-3H3,(H,19,21). The zero-order valence-corrected chi connectivity index (χ0v) is 16.0. The highest BCUT2D eigenvalue weighted by atomic mass is 32.2. The predicted molar refractivity (Wildman–Crippen MR) is 97.0 cm³/mol. The van der Waals surface area contributed by atoms with Gasteiger partial charge in [-0.15, -0.1) is 0 Å². The molecule has 0 spiro atoms. The van der Waals surface area contributed by atoms with Crippen LogP contribution in [-0.2, 0) is 14.8 Å². The number of ether oxygens (including phenoxy) is 1. The number of hydrogen-bond acceptors (Lipinski definition) is 4. The highest BCUT2D eigenvalue weighted by molar-refractivity contribution is 7.89. The number of benzene rings is 1. The Labute approximate surface area is 150 Å². The van der Waals surface area contributed by atoms with E-state index in [2.05, 4.69) is 10.0 Å². The molecule has 0 unspecified atom stereocenters. The number of nitrogens with one attached hydrogen (secondary N) is 2. The molecule has 0 saturated heterocycles. The van der Waals surface area contributed by atoms with Gasteiger partial charge < -0.3 is 10.1 Å². The Morgan fingerprint density at radius 2 is 1.72 bits per heavy atom. The van der Waals surface area contributed by atoms with Gasteiger partial charge in [-0.2, -0.15) is 0 Å². The van der Waals surface area contributed by atoms with Crippen molar-refractivity contribution < 1.29 is 17.9 Å². The molecule has 1 aromatic carbocycles. The number of sulfonamides is 1. The lowest BCUT2D eigenvalue weighted by molar-refractivity contribution is -0.124. The first kappa shape index (κ1) is 19.7. The molecule has 6 nitrogen and oxygen atoms in total. The van der Waals surface area contributed by atoms with E-state index < -0.39 is 10.0 Å². The molecular weight excluding hydrogens is 340 g/mol. The molecule has 25 heavy (non-hydrogen) atoms. The normalized spacial score (nSPS) is 16.4. The lowest BCUT2D eigenvalue weighted by Crippen LogP contribution is -2.43. The van der Waals surface area contributed by atoms with E-state index in [-0.39, 0.29) is 29.0 Å². The number of hydrogen-bond donors (Lipinski definition) is 2. The van der Waals surface area contributed by atoms with Gasteiger partial charge in [0, 0.05) is 11.6 Å². The Bertz CT molecular complexity index is 672. The van der Waals surface area contributed by atoms with E-state index in [0.717, 1.165) is 25.7 Å². The van der Waals surface area contributed by atoms with Gasteiger partial charge in [0.1, 0.15) is 5.75 Å². The van der Waals surface area contributed by atoms with E-state index in [1.807, 2.05) is 20.8 Å². The second-order valence-corrected chi connectivity index (χ2v) is 9.23. The summed E-state index contributed by atoms with van der Waals surface area (Å²) in [6.45, 7) is 5.57. The molecule has 140 valence electrons. The fourth-order valence-electron chi connectivity index (χ4n) is 2.83. The van der Waals surface area contributed by atoms with Crippen LogP contribution < -0.4 is 14.8 Å². The maximum absolute atomic E-state index is 12.4. The lowest BCUT2D eigenvalue weighted by atomic mass is 9.96. The summed E-state index contributed by atoms with van der Waals surface area (Å²) in [6.07, 6.45) is 5.09. The maximum atomic E-state index is 12.4. The molecule has 0 aliphatic heterocycles. The zero-order chi connectivity index (χ0) is 18.5. The molecule has 0 radical (unpaired) electrons. The van der Waals surface area contributed by atoms with Gasteiger partial charge in [-0.25, -0.2) is 13.1 Å². The third-order valence-electron chi connectivity index (χ3n) is 3.95. The molecule has 0 aromatic heterocycles. The molecule has 1 saturated carbocycles. The van der Waals surface area contributed by atoms with E-state index in [9.17, 15) is 13.2 Å². The highest BCUT2D eigenvalue weighted by Crippen LogP contribution is 2.21. The van der Waals surface area contributed by atoms with Gasteiger partial charge in [0.25, 0.3) is 5.91 Å². The van der Waals surface area contributed by atoms with Crippen LogP contribution in [0, 0.1) is 0 Å². The Hall–Kier alpha value is -1.60. The van der Waals surface area contributed by atoms with Crippen LogP contribution in [0.5, 0.6) is 5.75 Å². The smallest absolute Gasteiger partial charge is 0.258 e. The van der Waals surface area contributed by atoms with Gasteiger partial charge >= 0.3 is 0 Å². The molecule has 0 bridgehead atoms. The molecule has 1 fully saturated rings. The minimum atomic E-state index is -3.52. The molecule has 1 aliphatic rings. The summed E-state index contributed by atoms with van der Waals surface area (Å²) in [5, 5.41) is 2.80. The summed E-state index contributed by atoms with van der Waals surface area (Å²) >= 11 is 0. The Morgan fingerprint density at radius 1 is 1.12 bits per heavy atom. The fraction of sp³-hybridized carbons (Fsp3) is 0.611. The van der Waals surface area contributed by atoms with Crippen LogP contribution in [-0.4, -0.2) is 32.5 Å². The average molecular weight is 368 g/mol. The third-order valence-corrected chi connectivity index (χ3v) is 5.48. The van der Waals surface area contributed by atoms with Crippen molar-refractivity contribution in [2.75, 3.05) is 6.61 Å². The first-order valence-corrected chi connectivity index (χ1v) is 10.2. The van der Waals surface area contributed by atoms with Gasteiger partial charge in [-0.1, -0.05) is 19.3 Å². The summed E-state index contributed by atoms with van der Waals surface area (Å²) < 4.78 is 33.0. The van der Waals surface area contributed by atoms with Crippen LogP contribution in [0.2, 0.25) is 0 Å². The van der Waals surface area contributed by atoms with Crippen LogP contribution in [0.1, 0.15) is 52.9 Å². The molecule has 7 heteroatoms. The highest BCUT2D eigenvalue weighted by Gasteiger charge is 2.21. The summed E-state index contributed by atoms with van der Waals surface area (Å²) in [4.78, 5) is 12.0. The first-order chi connectivity index (χ1) is 11.7. The van der Waals surface area contributed by atoms with E-state index in [4.69, 9.17) is 4.74 Å². The fourth-order valence-corrected chi connectivity index (χ4v) is 4.13. The van der Waals surface area contributed by atoms with Gasteiger partial charge in [0.2, 0.25) is 10.0 Å². The Balaban J connectivity index is 1.91. The predicted octanol–water partition coefficient (Wildman–Crippen LogP) is 2.59. The number of carbonyl (C=O) groups excluding carboxylic acids is 1. The molecule has 2 rings (SSSR count). The monoisotopic (exact) mass is 368 g/mol. The third kappa shape index (κ3) is 6.66. The number of carbonyl (C=O) groups is 1. The van der Waals surface area contributed by atoms with Crippen LogP contribution in [0.15, 0.2) is 29.2 Å². The van der Waals surface area contributed by atoms with Crippen molar-refractivity contribution in [3.05, 3.63) is 24.3 Å². The topological polar surface area (TPSA) is 84.5 Å². The van der Waals surface area contributed by atoms with Crippen LogP contribution in [0.3, 0.4) is 0 Å². The minimum absolute atomic E-state index is 0.0239. The van der Waals surface area contributed by atoms with E-state index in [1.165, 1.54) is 18.6 Å². The quantitative estimate of drug-likeness (QED) is 0.808.